The number of methoxy groups -OCH3 is 1. The number of likely N-dealkylation sites (N-methyl/N-ethyl adjacent to an activating group) is 2. The molecule has 1 rings (SSSR count). The molecule has 0 saturated carbocycles. The first-order valence-electron chi connectivity index (χ1n) is 6.06. The number of nitrogens with one attached hydrogen (secondary N) is 1. The number of hydrogen-bond donors (Lipinski definition) is 1. The summed E-state index contributed by atoms with van der Waals surface area (Å²) in [7, 11) is 1.63. The number of anilines is 1. The average Bonchev–Trinajstić information content (AvgIpc) is 2.34. The van der Waals surface area contributed by atoms with Gasteiger partial charge in [0, 0.05) is 25.7 Å². The van der Waals surface area contributed by atoms with Crippen LogP contribution >= 0.6 is 0 Å². The number of ether oxygens (including phenoxy) is 1. The molecular formula is C12H22N4O. The molecule has 0 amide bonds. The van der Waals surface area contributed by atoms with Crippen LogP contribution in [0.4, 0.5) is 5.82 Å². The Morgan fingerprint density at radius 1 is 1.35 bits per heavy atom. The van der Waals surface area contributed by atoms with Crippen molar-refractivity contribution in [2.45, 2.75) is 20.8 Å². The molecule has 0 aliphatic rings. The van der Waals surface area contributed by atoms with Crippen molar-refractivity contribution in [3.05, 3.63) is 11.9 Å². The molecular weight excluding hydrogens is 216 g/mol. The quantitative estimate of drug-likeness (QED) is 0.724. The number of aromatic nitrogens is 2. The lowest BCUT2D eigenvalue weighted by Gasteiger charge is -2.22. The Morgan fingerprint density at radius 2 is 2.12 bits per heavy atom. The van der Waals surface area contributed by atoms with Crippen LogP contribution < -0.4 is 15.0 Å². The molecule has 1 N–H and O–H groups in total. The van der Waals surface area contributed by atoms with Gasteiger partial charge in [-0.15, -0.1) is 0 Å². The molecule has 0 unspecified atom stereocenters. The Kier molecular flexibility index (Phi) is 5.69. The minimum Gasteiger partial charge on any atom is -0.481 e. The Balaban J connectivity index is 2.76. The lowest BCUT2D eigenvalue weighted by atomic mass is 10.4. The maximum atomic E-state index is 5.16. The van der Waals surface area contributed by atoms with Gasteiger partial charge in [-0.2, -0.15) is 4.98 Å². The monoisotopic (exact) mass is 238 g/mol. The Morgan fingerprint density at radius 3 is 2.71 bits per heavy atom. The van der Waals surface area contributed by atoms with Crippen molar-refractivity contribution < 1.29 is 4.74 Å². The van der Waals surface area contributed by atoms with Crippen LogP contribution in [0.1, 0.15) is 19.7 Å². The Bertz CT molecular complexity index is 343. The van der Waals surface area contributed by atoms with Crippen LogP contribution in [-0.2, 0) is 0 Å². The summed E-state index contributed by atoms with van der Waals surface area (Å²) in [6.45, 7) is 9.91. The van der Waals surface area contributed by atoms with Crippen molar-refractivity contribution in [3.8, 4) is 5.88 Å². The molecule has 0 radical (unpaired) electrons. The topological polar surface area (TPSA) is 50.3 Å². The van der Waals surface area contributed by atoms with Gasteiger partial charge in [-0.25, -0.2) is 4.98 Å². The van der Waals surface area contributed by atoms with Crippen LogP contribution in [0.15, 0.2) is 6.07 Å². The van der Waals surface area contributed by atoms with Crippen molar-refractivity contribution in [2.75, 3.05) is 38.2 Å². The molecule has 1 heterocycles. The van der Waals surface area contributed by atoms with Crippen molar-refractivity contribution in [1.82, 2.24) is 15.3 Å². The maximum Gasteiger partial charge on any atom is 0.218 e. The van der Waals surface area contributed by atoms with E-state index in [0.29, 0.717) is 5.88 Å². The van der Waals surface area contributed by atoms with E-state index in [-0.39, 0.29) is 0 Å². The second kappa shape index (κ2) is 7.06. The Hall–Kier alpha value is -1.36. The van der Waals surface area contributed by atoms with Gasteiger partial charge in [-0.05, 0) is 20.4 Å². The van der Waals surface area contributed by atoms with Gasteiger partial charge in [-0.3, -0.25) is 0 Å². The van der Waals surface area contributed by atoms with Crippen molar-refractivity contribution in [3.63, 3.8) is 0 Å². The molecule has 0 fully saturated rings. The smallest absolute Gasteiger partial charge is 0.218 e. The van der Waals surface area contributed by atoms with E-state index in [9.17, 15) is 0 Å². The zero-order valence-corrected chi connectivity index (χ0v) is 11.2. The zero-order chi connectivity index (χ0) is 12.7. The van der Waals surface area contributed by atoms with Crippen LogP contribution in [0.2, 0.25) is 0 Å². The summed E-state index contributed by atoms with van der Waals surface area (Å²) in [5.74, 6) is 2.28. The first-order valence-corrected chi connectivity index (χ1v) is 6.06. The molecule has 0 aliphatic carbocycles. The lowest BCUT2D eigenvalue weighted by Crippen LogP contribution is -2.32. The van der Waals surface area contributed by atoms with Crippen molar-refractivity contribution in [2.24, 2.45) is 0 Å². The minimum atomic E-state index is 0.620. The van der Waals surface area contributed by atoms with Gasteiger partial charge in [0.2, 0.25) is 5.88 Å². The summed E-state index contributed by atoms with van der Waals surface area (Å²) in [5, 5.41) is 3.31. The zero-order valence-electron chi connectivity index (χ0n) is 11.2. The normalized spacial score (nSPS) is 10.4. The van der Waals surface area contributed by atoms with E-state index < -0.39 is 0 Å². The van der Waals surface area contributed by atoms with E-state index in [4.69, 9.17) is 4.74 Å². The summed E-state index contributed by atoms with van der Waals surface area (Å²) >= 11 is 0. The summed E-state index contributed by atoms with van der Waals surface area (Å²) < 4.78 is 5.16. The van der Waals surface area contributed by atoms with Crippen molar-refractivity contribution in [1.29, 1.82) is 0 Å². The summed E-state index contributed by atoms with van der Waals surface area (Å²) in [5.41, 5.74) is 0. The second-order valence-corrected chi connectivity index (χ2v) is 3.75. The van der Waals surface area contributed by atoms with Crippen LogP contribution in [0.5, 0.6) is 5.88 Å². The van der Waals surface area contributed by atoms with E-state index in [1.807, 2.05) is 13.0 Å². The van der Waals surface area contributed by atoms with E-state index in [0.717, 1.165) is 37.8 Å². The van der Waals surface area contributed by atoms with Gasteiger partial charge in [0.15, 0.2) is 0 Å². The summed E-state index contributed by atoms with van der Waals surface area (Å²) in [4.78, 5) is 10.8. The predicted molar refractivity (Wildman–Crippen MR) is 69.8 cm³/mol. The molecule has 0 atom stereocenters. The molecule has 1 aromatic heterocycles. The maximum absolute atomic E-state index is 5.16. The van der Waals surface area contributed by atoms with Gasteiger partial charge in [0.25, 0.3) is 0 Å². The number of aryl methyl sites for hydroxylation is 1. The van der Waals surface area contributed by atoms with E-state index in [1.54, 1.807) is 7.11 Å². The molecule has 0 bridgehead atoms. The van der Waals surface area contributed by atoms with Crippen LogP contribution in [0, 0.1) is 6.92 Å². The van der Waals surface area contributed by atoms with Gasteiger partial charge >= 0.3 is 0 Å². The minimum absolute atomic E-state index is 0.620. The average molecular weight is 238 g/mol. The van der Waals surface area contributed by atoms with Crippen LogP contribution in [0.3, 0.4) is 0 Å². The van der Waals surface area contributed by atoms with Crippen LogP contribution in [0.25, 0.3) is 0 Å². The first-order chi connectivity index (χ1) is 8.21. The highest BCUT2D eigenvalue weighted by molar-refractivity contribution is 5.41. The third kappa shape index (κ3) is 4.19. The highest BCUT2D eigenvalue weighted by Gasteiger charge is 2.08. The fourth-order valence-electron chi connectivity index (χ4n) is 1.62. The molecule has 17 heavy (non-hydrogen) atoms. The van der Waals surface area contributed by atoms with Gasteiger partial charge in [0.1, 0.15) is 11.6 Å². The second-order valence-electron chi connectivity index (χ2n) is 3.75. The standard InChI is InChI=1S/C12H22N4O/c1-5-13-7-8-16(6-2)11-9-12(17-4)15-10(3)14-11/h9,13H,5-8H2,1-4H3. The number of nitrogens with zero attached hydrogens (tertiary/aromatic N) is 3. The van der Waals surface area contributed by atoms with E-state index in [1.165, 1.54) is 0 Å². The molecule has 5 heteroatoms. The molecule has 5 nitrogen and oxygen atoms in total. The SMILES string of the molecule is CCNCCN(CC)c1cc(OC)nc(C)n1. The summed E-state index contributed by atoms with van der Waals surface area (Å²) in [6, 6.07) is 1.88. The highest BCUT2D eigenvalue weighted by Crippen LogP contribution is 2.16. The predicted octanol–water partition coefficient (Wildman–Crippen LogP) is 1.23. The van der Waals surface area contributed by atoms with E-state index >= 15 is 0 Å². The van der Waals surface area contributed by atoms with E-state index in [2.05, 4.69) is 34.0 Å². The Labute approximate surface area is 103 Å². The number of rotatable bonds is 7. The summed E-state index contributed by atoms with van der Waals surface area (Å²) in [6.07, 6.45) is 0. The third-order valence-electron chi connectivity index (χ3n) is 2.52. The fourth-order valence-corrected chi connectivity index (χ4v) is 1.62. The van der Waals surface area contributed by atoms with Gasteiger partial charge in [0.05, 0.1) is 7.11 Å². The fraction of sp³-hybridized carbons (Fsp3) is 0.667. The molecule has 0 aromatic carbocycles. The lowest BCUT2D eigenvalue weighted by molar-refractivity contribution is 0.395. The molecule has 0 aliphatic heterocycles. The van der Waals surface area contributed by atoms with Gasteiger partial charge in [-0.1, -0.05) is 6.92 Å². The molecule has 0 spiro atoms. The first kappa shape index (κ1) is 13.7. The van der Waals surface area contributed by atoms with Crippen molar-refractivity contribution >= 4 is 5.82 Å². The third-order valence-corrected chi connectivity index (χ3v) is 2.52. The molecule has 0 saturated heterocycles. The highest BCUT2D eigenvalue weighted by atomic mass is 16.5. The number of hydrogen-bond acceptors (Lipinski definition) is 5. The largest absolute Gasteiger partial charge is 0.481 e. The molecule has 1 aromatic rings. The van der Waals surface area contributed by atoms with Crippen LogP contribution in [-0.4, -0.2) is 43.3 Å². The van der Waals surface area contributed by atoms with Gasteiger partial charge < -0.3 is 15.0 Å². The molecule has 96 valence electrons.